The van der Waals surface area contributed by atoms with E-state index in [2.05, 4.69) is 41.0 Å². The van der Waals surface area contributed by atoms with Crippen LogP contribution in [0.3, 0.4) is 0 Å². The first-order chi connectivity index (χ1) is 13.2. The normalized spacial score (nSPS) is 15.5. The van der Waals surface area contributed by atoms with E-state index in [1.54, 1.807) is 7.11 Å². The van der Waals surface area contributed by atoms with Gasteiger partial charge in [-0.2, -0.15) is 0 Å². The summed E-state index contributed by atoms with van der Waals surface area (Å²) in [5, 5.41) is 0. The Hall–Kier alpha value is -3.25. The highest BCUT2D eigenvalue weighted by molar-refractivity contribution is 5.56. The van der Waals surface area contributed by atoms with E-state index in [-0.39, 0.29) is 11.9 Å². The van der Waals surface area contributed by atoms with Crippen molar-refractivity contribution in [1.29, 1.82) is 0 Å². The Bertz CT molecular complexity index is 983. The summed E-state index contributed by atoms with van der Waals surface area (Å²) in [4.78, 5) is 2.25. The van der Waals surface area contributed by atoms with E-state index in [1.807, 2.05) is 36.4 Å². The second kappa shape index (κ2) is 7.55. The highest BCUT2D eigenvalue weighted by Crippen LogP contribution is 2.33. The van der Waals surface area contributed by atoms with Gasteiger partial charge in [-0.1, -0.05) is 36.1 Å². The number of anilines is 1. The number of ether oxygens (including phenoxy) is 1. The molecule has 1 heterocycles. The van der Waals surface area contributed by atoms with Crippen LogP contribution in [0.5, 0.6) is 5.75 Å². The summed E-state index contributed by atoms with van der Waals surface area (Å²) in [6.45, 7) is 0.852. The summed E-state index contributed by atoms with van der Waals surface area (Å²) in [6, 6.07) is 22.8. The summed E-state index contributed by atoms with van der Waals surface area (Å²) in [7, 11) is 1.65. The number of hydrogen-bond donors (Lipinski definition) is 0. The van der Waals surface area contributed by atoms with Gasteiger partial charge in [-0.25, -0.2) is 4.39 Å². The lowest BCUT2D eigenvalue weighted by molar-refractivity contribution is 0.415. The molecule has 0 aliphatic carbocycles. The number of halogens is 1. The molecule has 3 heteroatoms. The van der Waals surface area contributed by atoms with Gasteiger partial charge in [0.15, 0.2) is 0 Å². The van der Waals surface area contributed by atoms with E-state index in [0.717, 1.165) is 30.0 Å². The smallest absolute Gasteiger partial charge is 0.123 e. The van der Waals surface area contributed by atoms with Gasteiger partial charge in [-0.15, -0.1) is 0 Å². The number of benzene rings is 3. The molecule has 1 atom stereocenters. The minimum absolute atomic E-state index is 0.0671. The zero-order valence-corrected chi connectivity index (χ0v) is 15.2. The van der Waals surface area contributed by atoms with Crippen molar-refractivity contribution in [3.05, 3.63) is 95.3 Å². The molecule has 4 rings (SSSR count). The minimum atomic E-state index is -0.225. The zero-order chi connectivity index (χ0) is 18.6. The van der Waals surface area contributed by atoms with E-state index in [4.69, 9.17) is 4.74 Å². The summed E-state index contributed by atoms with van der Waals surface area (Å²) < 4.78 is 18.6. The fourth-order valence-corrected chi connectivity index (χ4v) is 3.46. The molecule has 0 N–H and O–H groups in total. The first-order valence-electron chi connectivity index (χ1n) is 9.00. The molecular formula is C24H20FNO. The number of nitrogens with zero attached hydrogens (tertiary/aromatic N) is 1. The molecule has 1 aliphatic heterocycles. The van der Waals surface area contributed by atoms with Crippen LogP contribution in [0.1, 0.15) is 22.7 Å². The molecule has 1 unspecified atom stereocenters. The number of methoxy groups -OCH3 is 1. The maximum atomic E-state index is 13.4. The van der Waals surface area contributed by atoms with Gasteiger partial charge >= 0.3 is 0 Å². The van der Waals surface area contributed by atoms with Gasteiger partial charge in [0.05, 0.1) is 7.11 Å². The van der Waals surface area contributed by atoms with Crippen LogP contribution in [0.2, 0.25) is 0 Å². The van der Waals surface area contributed by atoms with Crippen molar-refractivity contribution in [2.75, 3.05) is 18.6 Å². The SMILES string of the molecule is COc1ccc(C#CC2c3ccccc3CCN2c2ccc(F)cc2)cc1. The fourth-order valence-electron chi connectivity index (χ4n) is 3.46. The first kappa shape index (κ1) is 17.2. The van der Waals surface area contributed by atoms with Crippen LogP contribution < -0.4 is 9.64 Å². The standard InChI is InChI=1S/C24H20FNO/c1-27-22-13-6-18(7-14-22)8-15-24-23-5-3-2-4-19(23)16-17-26(24)21-11-9-20(25)10-12-21/h2-7,9-14,24H,16-17H2,1H3. The Morgan fingerprint density at radius 2 is 1.70 bits per heavy atom. The summed E-state index contributed by atoms with van der Waals surface area (Å²) in [5.74, 6) is 7.32. The quantitative estimate of drug-likeness (QED) is 0.599. The maximum absolute atomic E-state index is 13.4. The van der Waals surface area contributed by atoms with Crippen molar-refractivity contribution < 1.29 is 9.13 Å². The summed E-state index contributed by atoms with van der Waals surface area (Å²) >= 11 is 0. The van der Waals surface area contributed by atoms with Crippen LogP contribution in [0.4, 0.5) is 10.1 Å². The number of rotatable bonds is 2. The van der Waals surface area contributed by atoms with Crippen LogP contribution in [0.25, 0.3) is 0 Å². The fraction of sp³-hybridized carbons (Fsp3) is 0.167. The molecule has 0 saturated carbocycles. The van der Waals surface area contributed by atoms with Gasteiger partial charge in [0.25, 0.3) is 0 Å². The molecule has 0 bridgehead atoms. The molecule has 134 valence electrons. The highest BCUT2D eigenvalue weighted by Gasteiger charge is 2.25. The largest absolute Gasteiger partial charge is 0.497 e. The molecule has 27 heavy (non-hydrogen) atoms. The number of hydrogen-bond acceptors (Lipinski definition) is 2. The van der Waals surface area contributed by atoms with Gasteiger partial charge in [0.2, 0.25) is 0 Å². The Morgan fingerprint density at radius 1 is 0.963 bits per heavy atom. The van der Waals surface area contributed by atoms with Crippen LogP contribution in [0.15, 0.2) is 72.8 Å². The van der Waals surface area contributed by atoms with E-state index >= 15 is 0 Å². The lowest BCUT2D eigenvalue weighted by atomic mass is 9.92. The van der Waals surface area contributed by atoms with Gasteiger partial charge in [-0.3, -0.25) is 0 Å². The Balaban J connectivity index is 1.72. The van der Waals surface area contributed by atoms with Crippen molar-refractivity contribution in [3.63, 3.8) is 0 Å². The Kier molecular flexibility index (Phi) is 4.80. The third-order valence-corrected chi connectivity index (χ3v) is 4.88. The maximum Gasteiger partial charge on any atom is 0.123 e. The third-order valence-electron chi connectivity index (χ3n) is 4.88. The van der Waals surface area contributed by atoms with Crippen LogP contribution in [-0.4, -0.2) is 13.7 Å². The van der Waals surface area contributed by atoms with Crippen LogP contribution >= 0.6 is 0 Å². The molecule has 0 saturated heterocycles. The van der Waals surface area contributed by atoms with Gasteiger partial charge in [0, 0.05) is 17.8 Å². The van der Waals surface area contributed by atoms with Crippen LogP contribution in [-0.2, 0) is 6.42 Å². The lowest BCUT2D eigenvalue weighted by Crippen LogP contribution is -2.34. The minimum Gasteiger partial charge on any atom is -0.497 e. The molecule has 0 fully saturated rings. The predicted molar refractivity (Wildman–Crippen MR) is 107 cm³/mol. The van der Waals surface area contributed by atoms with Crippen molar-refractivity contribution in [3.8, 4) is 17.6 Å². The summed E-state index contributed by atoms with van der Waals surface area (Å²) in [6.07, 6.45) is 0.953. The van der Waals surface area contributed by atoms with Gasteiger partial charge in [-0.05, 0) is 66.1 Å². The van der Waals surface area contributed by atoms with Gasteiger partial charge < -0.3 is 9.64 Å². The molecule has 0 amide bonds. The Labute approximate surface area is 159 Å². The monoisotopic (exact) mass is 357 g/mol. The second-order valence-corrected chi connectivity index (χ2v) is 6.52. The van der Waals surface area contributed by atoms with Crippen LogP contribution in [0, 0.1) is 17.7 Å². The van der Waals surface area contributed by atoms with Gasteiger partial charge in [0.1, 0.15) is 17.6 Å². The van der Waals surface area contributed by atoms with Crippen molar-refractivity contribution in [2.45, 2.75) is 12.5 Å². The third kappa shape index (κ3) is 3.66. The van der Waals surface area contributed by atoms with E-state index in [1.165, 1.54) is 23.3 Å². The van der Waals surface area contributed by atoms with E-state index in [9.17, 15) is 4.39 Å². The molecule has 1 aliphatic rings. The molecular weight excluding hydrogens is 337 g/mol. The molecule has 2 nitrogen and oxygen atoms in total. The average Bonchev–Trinajstić information content (AvgIpc) is 2.73. The summed E-state index contributed by atoms with van der Waals surface area (Å²) in [5.41, 5.74) is 4.47. The van der Waals surface area contributed by atoms with Crippen molar-refractivity contribution in [2.24, 2.45) is 0 Å². The van der Waals surface area contributed by atoms with E-state index < -0.39 is 0 Å². The number of fused-ring (bicyclic) bond motifs is 1. The average molecular weight is 357 g/mol. The molecule has 0 spiro atoms. The van der Waals surface area contributed by atoms with Crippen molar-refractivity contribution >= 4 is 5.69 Å². The Morgan fingerprint density at radius 3 is 2.44 bits per heavy atom. The predicted octanol–water partition coefficient (Wildman–Crippen LogP) is 4.99. The molecule has 3 aromatic rings. The second-order valence-electron chi connectivity index (χ2n) is 6.52. The topological polar surface area (TPSA) is 12.5 Å². The first-order valence-corrected chi connectivity index (χ1v) is 9.00. The molecule has 0 radical (unpaired) electrons. The lowest BCUT2D eigenvalue weighted by Gasteiger charge is -2.36. The zero-order valence-electron chi connectivity index (χ0n) is 15.2. The van der Waals surface area contributed by atoms with E-state index in [0.29, 0.717) is 0 Å². The highest BCUT2D eigenvalue weighted by atomic mass is 19.1. The molecule has 3 aromatic carbocycles. The van der Waals surface area contributed by atoms with Crippen molar-refractivity contribution in [1.82, 2.24) is 0 Å². The molecule has 0 aromatic heterocycles.